The van der Waals surface area contributed by atoms with Gasteiger partial charge in [0.05, 0.1) is 19.6 Å². The normalized spacial score (nSPS) is 11.3. The Hall–Kier alpha value is -1.76. The molecule has 0 unspecified atom stereocenters. The van der Waals surface area contributed by atoms with Crippen molar-refractivity contribution in [1.29, 1.82) is 0 Å². The number of benzene rings is 1. The molecular formula is C17H20Cl2N4OS. The molecule has 0 radical (unpaired) electrons. The predicted octanol–water partition coefficient (Wildman–Crippen LogP) is 3.38. The minimum atomic E-state index is -0.0323. The lowest BCUT2D eigenvalue weighted by atomic mass is 10.2. The van der Waals surface area contributed by atoms with Crippen molar-refractivity contribution in [3.8, 4) is 0 Å². The standard InChI is InChI=1S/C17H20Cl2N4OS/c1-23(2)16(24)11-22-17(21-10-14-4-3-7-25-14)20-9-12-5-6-13(18)8-15(12)19/h3-8H,9-11H2,1-2H3,(H2,20,21,22). The zero-order chi connectivity index (χ0) is 18.2. The molecule has 2 rings (SSSR count). The Kier molecular flexibility index (Phi) is 7.55. The van der Waals surface area contributed by atoms with E-state index in [9.17, 15) is 4.79 Å². The van der Waals surface area contributed by atoms with Crippen molar-refractivity contribution >= 4 is 46.4 Å². The minimum Gasteiger partial charge on any atom is -0.351 e. The topological polar surface area (TPSA) is 56.7 Å². The van der Waals surface area contributed by atoms with Gasteiger partial charge in [-0.05, 0) is 29.1 Å². The number of aliphatic imine (C=N–C) groups is 1. The van der Waals surface area contributed by atoms with Crippen LogP contribution in [0.1, 0.15) is 10.4 Å². The molecule has 1 aromatic heterocycles. The van der Waals surface area contributed by atoms with Crippen LogP contribution in [0.15, 0.2) is 40.7 Å². The number of halogens is 2. The summed E-state index contributed by atoms with van der Waals surface area (Å²) in [6, 6.07) is 9.34. The first-order valence-corrected chi connectivity index (χ1v) is 9.28. The fourth-order valence-corrected chi connectivity index (χ4v) is 3.00. The summed E-state index contributed by atoms with van der Waals surface area (Å²) < 4.78 is 0. The molecule has 2 N–H and O–H groups in total. The van der Waals surface area contributed by atoms with E-state index < -0.39 is 0 Å². The Labute approximate surface area is 161 Å². The maximum absolute atomic E-state index is 11.8. The number of nitrogens with zero attached hydrogens (tertiary/aromatic N) is 2. The zero-order valence-corrected chi connectivity index (χ0v) is 16.4. The summed E-state index contributed by atoms with van der Waals surface area (Å²) in [5.41, 5.74) is 0.863. The summed E-state index contributed by atoms with van der Waals surface area (Å²) in [4.78, 5) is 19.0. The summed E-state index contributed by atoms with van der Waals surface area (Å²) in [6.45, 7) is 1.18. The second-order valence-electron chi connectivity index (χ2n) is 5.48. The van der Waals surface area contributed by atoms with E-state index in [0.717, 1.165) is 5.56 Å². The van der Waals surface area contributed by atoms with Gasteiger partial charge in [0.2, 0.25) is 5.91 Å². The molecule has 0 fully saturated rings. The molecule has 0 aliphatic heterocycles. The predicted molar refractivity (Wildman–Crippen MR) is 105 cm³/mol. The number of carbonyl (C=O) groups is 1. The van der Waals surface area contributed by atoms with Crippen LogP contribution in [0.4, 0.5) is 0 Å². The Bertz CT molecular complexity index is 732. The van der Waals surface area contributed by atoms with Gasteiger partial charge in [-0.3, -0.25) is 4.79 Å². The van der Waals surface area contributed by atoms with Crippen LogP contribution in [0, 0.1) is 0 Å². The van der Waals surface area contributed by atoms with Crippen LogP contribution in [0.2, 0.25) is 10.0 Å². The van der Waals surface area contributed by atoms with E-state index in [1.165, 1.54) is 9.78 Å². The van der Waals surface area contributed by atoms with Crippen LogP contribution in [0.3, 0.4) is 0 Å². The highest BCUT2D eigenvalue weighted by molar-refractivity contribution is 7.09. The molecular weight excluding hydrogens is 379 g/mol. The van der Waals surface area contributed by atoms with Gasteiger partial charge >= 0.3 is 0 Å². The third-order valence-electron chi connectivity index (χ3n) is 3.34. The monoisotopic (exact) mass is 398 g/mol. The average molecular weight is 399 g/mol. The molecule has 0 saturated carbocycles. The first kappa shape index (κ1) is 19.6. The number of likely N-dealkylation sites (N-methyl/N-ethyl adjacent to an activating group) is 1. The molecule has 0 aliphatic rings. The van der Waals surface area contributed by atoms with Crippen LogP contribution < -0.4 is 10.6 Å². The Morgan fingerprint density at radius 1 is 1.24 bits per heavy atom. The summed E-state index contributed by atoms with van der Waals surface area (Å²) >= 11 is 13.8. The van der Waals surface area contributed by atoms with Crippen LogP contribution in [-0.2, 0) is 17.9 Å². The summed E-state index contributed by atoms with van der Waals surface area (Å²) in [6.07, 6.45) is 0. The molecule has 5 nitrogen and oxygen atoms in total. The number of hydrogen-bond acceptors (Lipinski definition) is 3. The highest BCUT2D eigenvalue weighted by atomic mass is 35.5. The van der Waals surface area contributed by atoms with E-state index in [1.807, 2.05) is 23.6 Å². The van der Waals surface area contributed by atoms with Crippen molar-refractivity contribution in [2.45, 2.75) is 13.1 Å². The van der Waals surface area contributed by atoms with Crippen molar-refractivity contribution < 1.29 is 4.79 Å². The van der Waals surface area contributed by atoms with Crippen LogP contribution >= 0.6 is 34.5 Å². The molecule has 1 heterocycles. The van der Waals surface area contributed by atoms with Gasteiger partial charge in [0, 0.05) is 29.0 Å². The lowest BCUT2D eigenvalue weighted by Gasteiger charge is -2.15. The maximum atomic E-state index is 11.8. The molecule has 0 spiro atoms. The summed E-state index contributed by atoms with van der Waals surface area (Å²) in [5.74, 6) is 0.518. The zero-order valence-electron chi connectivity index (χ0n) is 14.1. The smallest absolute Gasteiger partial charge is 0.241 e. The van der Waals surface area contributed by atoms with Gasteiger partial charge in [-0.25, -0.2) is 4.99 Å². The lowest BCUT2D eigenvalue weighted by molar-refractivity contribution is -0.127. The largest absolute Gasteiger partial charge is 0.351 e. The first-order chi connectivity index (χ1) is 12.0. The van der Waals surface area contributed by atoms with E-state index in [0.29, 0.717) is 29.1 Å². The van der Waals surface area contributed by atoms with E-state index in [2.05, 4.69) is 15.6 Å². The van der Waals surface area contributed by atoms with Gasteiger partial charge in [0.1, 0.15) is 0 Å². The maximum Gasteiger partial charge on any atom is 0.241 e. The van der Waals surface area contributed by atoms with E-state index >= 15 is 0 Å². The SMILES string of the molecule is CN(C)C(=O)CNC(=NCc1ccc(Cl)cc1Cl)NCc1cccs1. The van der Waals surface area contributed by atoms with E-state index in [1.54, 1.807) is 37.6 Å². The molecule has 2 aromatic rings. The highest BCUT2D eigenvalue weighted by Crippen LogP contribution is 2.21. The number of carbonyl (C=O) groups excluding carboxylic acids is 1. The molecule has 1 amide bonds. The van der Waals surface area contributed by atoms with Crippen LogP contribution in [0.25, 0.3) is 0 Å². The number of guanidine groups is 1. The van der Waals surface area contributed by atoms with Gasteiger partial charge < -0.3 is 15.5 Å². The molecule has 0 atom stereocenters. The molecule has 0 aliphatic carbocycles. The van der Waals surface area contributed by atoms with E-state index in [-0.39, 0.29) is 12.5 Å². The lowest BCUT2D eigenvalue weighted by Crippen LogP contribution is -2.42. The van der Waals surface area contributed by atoms with Crippen molar-refractivity contribution in [2.24, 2.45) is 4.99 Å². The van der Waals surface area contributed by atoms with Crippen molar-refractivity contribution in [3.05, 3.63) is 56.2 Å². The number of amides is 1. The van der Waals surface area contributed by atoms with E-state index in [4.69, 9.17) is 23.2 Å². The minimum absolute atomic E-state index is 0.0323. The third-order valence-corrected chi connectivity index (χ3v) is 4.80. The number of thiophene rings is 1. The van der Waals surface area contributed by atoms with Gasteiger partial charge in [0.25, 0.3) is 0 Å². The number of hydrogen-bond donors (Lipinski definition) is 2. The van der Waals surface area contributed by atoms with Crippen LogP contribution in [-0.4, -0.2) is 37.4 Å². The summed E-state index contributed by atoms with van der Waals surface area (Å²) in [7, 11) is 3.43. The van der Waals surface area contributed by atoms with Crippen molar-refractivity contribution in [3.63, 3.8) is 0 Å². The Balaban J connectivity index is 2.04. The average Bonchev–Trinajstić information content (AvgIpc) is 3.08. The third kappa shape index (κ3) is 6.57. The second kappa shape index (κ2) is 9.65. The molecule has 1 aromatic carbocycles. The fourth-order valence-electron chi connectivity index (χ4n) is 1.89. The molecule has 134 valence electrons. The number of rotatable bonds is 6. The Morgan fingerprint density at radius 3 is 2.68 bits per heavy atom. The van der Waals surface area contributed by atoms with Crippen molar-refractivity contribution in [2.75, 3.05) is 20.6 Å². The number of nitrogens with one attached hydrogen (secondary N) is 2. The molecule has 0 bridgehead atoms. The second-order valence-corrected chi connectivity index (χ2v) is 7.35. The van der Waals surface area contributed by atoms with Gasteiger partial charge in [-0.15, -0.1) is 11.3 Å². The summed E-state index contributed by atoms with van der Waals surface area (Å²) in [5, 5.41) is 9.45. The molecule has 0 saturated heterocycles. The van der Waals surface area contributed by atoms with Gasteiger partial charge in [-0.1, -0.05) is 35.3 Å². The fraction of sp³-hybridized carbons (Fsp3) is 0.294. The molecule has 8 heteroatoms. The highest BCUT2D eigenvalue weighted by Gasteiger charge is 2.07. The van der Waals surface area contributed by atoms with Crippen LogP contribution in [0.5, 0.6) is 0 Å². The Morgan fingerprint density at radius 2 is 2.04 bits per heavy atom. The quantitative estimate of drug-likeness (QED) is 0.579. The van der Waals surface area contributed by atoms with Crippen molar-refractivity contribution in [1.82, 2.24) is 15.5 Å². The first-order valence-electron chi connectivity index (χ1n) is 7.64. The van der Waals surface area contributed by atoms with Gasteiger partial charge in [-0.2, -0.15) is 0 Å². The molecule has 25 heavy (non-hydrogen) atoms. The van der Waals surface area contributed by atoms with Gasteiger partial charge in [0.15, 0.2) is 5.96 Å².